The summed E-state index contributed by atoms with van der Waals surface area (Å²) in [6.45, 7) is 0. The summed E-state index contributed by atoms with van der Waals surface area (Å²) in [6, 6.07) is 97.5. The Morgan fingerprint density at radius 2 is 0.431 bits per heavy atom. The first kappa shape index (κ1) is 42.3. The van der Waals surface area contributed by atoms with Crippen molar-refractivity contribution in [3.8, 4) is 0 Å². The lowest BCUT2D eigenvalue weighted by molar-refractivity contribution is 0.664. The van der Waals surface area contributed by atoms with Crippen LogP contribution in [-0.2, 0) is 0 Å². The van der Waals surface area contributed by atoms with Gasteiger partial charge in [-0.25, -0.2) is 0 Å². The highest BCUT2D eigenvalue weighted by Crippen LogP contribution is 2.57. The molecule has 0 amide bonds. The second-order valence-electron chi connectivity index (χ2n) is 17.7. The van der Waals surface area contributed by atoms with E-state index < -0.39 is 0 Å². The van der Waals surface area contributed by atoms with E-state index in [4.69, 9.17) is 8.83 Å². The Labute approximate surface area is 417 Å². The van der Waals surface area contributed by atoms with Crippen LogP contribution in [0.25, 0.3) is 43.9 Å². The average molecular weight is 927 g/mol. The Morgan fingerprint density at radius 3 is 0.667 bits per heavy atom. The Morgan fingerprint density at radius 1 is 0.208 bits per heavy atom. The SMILES string of the molecule is c1ccc(N(c2ccccc2)c2ccc3c(c2)oc2c(N(c4ccccc4)c4ccccc4)c4c(oc5cc(N(c6ccccc6)c6ccccc6)ccc54)c(N(c4ccccc4)c4ccccc4)c23)cc1. The lowest BCUT2D eigenvalue weighted by Gasteiger charge is -2.29. The van der Waals surface area contributed by atoms with E-state index in [2.05, 4.69) is 299 Å². The molecule has 0 N–H and O–H groups in total. The minimum Gasteiger partial charge on any atom is -0.454 e. The molecule has 0 atom stereocenters. The van der Waals surface area contributed by atoms with Crippen LogP contribution >= 0.6 is 0 Å². The Hall–Kier alpha value is -9.78. The van der Waals surface area contributed by atoms with Crippen LogP contribution in [-0.4, -0.2) is 0 Å². The number of furan rings is 2. The fraction of sp³-hybridized carbons (Fsp3) is 0. The van der Waals surface area contributed by atoms with Gasteiger partial charge in [0.25, 0.3) is 0 Å². The first-order valence-electron chi connectivity index (χ1n) is 24.3. The van der Waals surface area contributed by atoms with Crippen molar-refractivity contribution in [2.24, 2.45) is 0 Å². The van der Waals surface area contributed by atoms with E-state index in [1.54, 1.807) is 0 Å². The van der Waals surface area contributed by atoms with Crippen LogP contribution < -0.4 is 19.6 Å². The minimum atomic E-state index is 0.724. The van der Waals surface area contributed by atoms with Gasteiger partial charge in [-0.1, -0.05) is 146 Å². The number of rotatable bonds is 12. The van der Waals surface area contributed by atoms with Gasteiger partial charge >= 0.3 is 0 Å². The third kappa shape index (κ3) is 7.46. The largest absolute Gasteiger partial charge is 0.454 e. The molecular weight excluding hydrogens is 881 g/mol. The molecule has 0 radical (unpaired) electrons. The van der Waals surface area contributed by atoms with E-state index in [0.717, 1.165) is 112 Å². The van der Waals surface area contributed by atoms with Gasteiger partial charge in [-0.05, 0) is 121 Å². The number of hydrogen-bond donors (Lipinski definition) is 0. The highest BCUT2D eigenvalue weighted by Gasteiger charge is 2.33. The van der Waals surface area contributed by atoms with Crippen molar-refractivity contribution in [1.82, 2.24) is 0 Å². The van der Waals surface area contributed by atoms with E-state index in [-0.39, 0.29) is 0 Å². The van der Waals surface area contributed by atoms with E-state index in [9.17, 15) is 0 Å². The van der Waals surface area contributed by atoms with Crippen LogP contribution in [0, 0.1) is 0 Å². The maximum atomic E-state index is 7.59. The van der Waals surface area contributed by atoms with Gasteiger partial charge in [-0.15, -0.1) is 0 Å². The van der Waals surface area contributed by atoms with Crippen LogP contribution in [0.1, 0.15) is 0 Å². The third-order valence-electron chi connectivity index (χ3n) is 13.3. The lowest BCUT2D eigenvalue weighted by Crippen LogP contribution is -2.13. The molecule has 0 saturated heterocycles. The fourth-order valence-corrected chi connectivity index (χ4v) is 10.2. The summed E-state index contributed by atoms with van der Waals surface area (Å²) < 4.78 is 15.2. The van der Waals surface area contributed by atoms with Crippen LogP contribution in [0.2, 0.25) is 0 Å². The predicted octanol–water partition coefficient (Wildman–Crippen LogP) is 19.4. The molecular formula is C66H46N4O2. The average Bonchev–Trinajstić information content (AvgIpc) is 4.03. The Kier molecular flexibility index (Phi) is 10.7. The minimum absolute atomic E-state index is 0.724. The zero-order valence-corrected chi connectivity index (χ0v) is 39.2. The molecule has 72 heavy (non-hydrogen) atoms. The smallest absolute Gasteiger partial charge is 0.162 e. The predicted molar refractivity (Wildman–Crippen MR) is 300 cm³/mol. The summed E-state index contributed by atoms with van der Waals surface area (Å²) in [5.41, 5.74) is 14.7. The number of fused-ring (bicyclic) bond motifs is 6. The lowest BCUT2D eigenvalue weighted by atomic mass is 10.00. The summed E-state index contributed by atoms with van der Waals surface area (Å²) in [5, 5.41) is 3.74. The molecule has 0 aliphatic rings. The van der Waals surface area contributed by atoms with E-state index in [0.29, 0.717) is 0 Å². The summed E-state index contributed by atoms with van der Waals surface area (Å²) in [7, 11) is 0. The highest BCUT2D eigenvalue weighted by molar-refractivity contribution is 6.31. The van der Waals surface area contributed by atoms with Crippen LogP contribution in [0.15, 0.2) is 288 Å². The number of hydrogen-bond acceptors (Lipinski definition) is 6. The van der Waals surface area contributed by atoms with Gasteiger partial charge in [0, 0.05) is 79.8 Å². The van der Waals surface area contributed by atoms with E-state index in [1.165, 1.54) is 0 Å². The molecule has 0 fully saturated rings. The number of benzene rings is 11. The Balaban J connectivity index is 1.19. The first-order chi connectivity index (χ1) is 35.8. The monoisotopic (exact) mass is 926 g/mol. The summed E-state index contributed by atoms with van der Waals surface area (Å²) >= 11 is 0. The maximum Gasteiger partial charge on any atom is 0.162 e. The summed E-state index contributed by atoms with van der Waals surface area (Å²) in [6.07, 6.45) is 0. The van der Waals surface area contributed by atoms with Crippen LogP contribution in [0.5, 0.6) is 0 Å². The molecule has 0 spiro atoms. The van der Waals surface area contributed by atoms with Gasteiger partial charge in [0.15, 0.2) is 11.2 Å². The second-order valence-corrected chi connectivity index (χ2v) is 17.7. The number of para-hydroxylation sites is 8. The van der Waals surface area contributed by atoms with Gasteiger partial charge in [0.2, 0.25) is 0 Å². The maximum absolute atomic E-state index is 7.59. The molecule has 0 aliphatic heterocycles. The van der Waals surface area contributed by atoms with Crippen molar-refractivity contribution >= 4 is 112 Å². The van der Waals surface area contributed by atoms with Gasteiger partial charge in [-0.3, -0.25) is 0 Å². The van der Waals surface area contributed by atoms with Crippen molar-refractivity contribution in [2.75, 3.05) is 19.6 Å². The van der Waals surface area contributed by atoms with Crippen molar-refractivity contribution in [2.45, 2.75) is 0 Å². The molecule has 13 aromatic rings. The zero-order chi connectivity index (χ0) is 47.8. The highest BCUT2D eigenvalue weighted by atomic mass is 16.3. The quantitative estimate of drug-likeness (QED) is 0.114. The first-order valence-corrected chi connectivity index (χ1v) is 24.3. The van der Waals surface area contributed by atoms with Crippen molar-refractivity contribution in [3.05, 3.63) is 279 Å². The molecule has 6 heteroatoms. The number of anilines is 12. The van der Waals surface area contributed by atoms with E-state index in [1.807, 2.05) is 0 Å². The third-order valence-corrected chi connectivity index (χ3v) is 13.3. The van der Waals surface area contributed by atoms with Crippen molar-refractivity contribution < 1.29 is 8.83 Å². The fourth-order valence-electron chi connectivity index (χ4n) is 10.2. The van der Waals surface area contributed by atoms with Crippen LogP contribution in [0.4, 0.5) is 68.2 Å². The standard InChI is InChI=1S/C66H46N4O2/c1-9-25-47(26-10-1)67(48-27-11-2-12-28-48)55-41-43-57-59(45-55)71-65-61(57)63(69(51-33-17-5-18-34-51)52-35-19-6-20-36-52)66-62(64(65)70(53-37-21-7-22-38-53)54-39-23-8-24-40-54)58-44-42-56(46-60(58)72-66)68(49-29-13-3-14-30-49)50-31-15-4-16-32-50/h1-46H. The molecule has 11 aromatic carbocycles. The molecule has 13 rings (SSSR count). The van der Waals surface area contributed by atoms with Crippen molar-refractivity contribution in [1.29, 1.82) is 0 Å². The Bertz CT molecular complexity index is 3540. The van der Waals surface area contributed by atoms with Gasteiger partial charge in [-0.2, -0.15) is 0 Å². The molecule has 0 unspecified atom stereocenters. The second kappa shape index (κ2) is 18.3. The molecule has 0 bridgehead atoms. The molecule has 6 nitrogen and oxygen atoms in total. The summed E-state index contributed by atoms with van der Waals surface area (Å²) in [4.78, 5) is 9.22. The number of nitrogens with zero attached hydrogens (tertiary/aromatic N) is 4. The van der Waals surface area contributed by atoms with E-state index >= 15 is 0 Å². The van der Waals surface area contributed by atoms with Crippen LogP contribution in [0.3, 0.4) is 0 Å². The van der Waals surface area contributed by atoms with Gasteiger partial charge < -0.3 is 28.4 Å². The van der Waals surface area contributed by atoms with Gasteiger partial charge in [0.05, 0.1) is 10.8 Å². The normalized spacial score (nSPS) is 11.3. The van der Waals surface area contributed by atoms with Gasteiger partial charge in [0.1, 0.15) is 22.5 Å². The summed E-state index contributed by atoms with van der Waals surface area (Å²) in [5.74, 6) is 0. The molecule has 342 valence electrons. The molecule has 2 aromatic heterocycles. The van der Waals surface area contributed by atoms with Crippen molar-refractivity contribution in [3.63, 3.8) is 0 Å². The zero-order valence-electron chi connectivity index (χ0n) is 39.2. The molecule has 0 aliphatic carbocycles. The molecule has 0 saturated carbocycles. The molecule has 2 heterocycles. The topological polar surface area (TPSA) is 39.2 Å².